The highest BCUT2D eigenvalue weighted by molar-refractivity contribution is 9.10. The van der Waals surface area contributed by atoms with Crippen LogP contribution in [0, 0.1) is 5.92 Å². The summed E-state index contributed by atoms with van der Waals surface area (Å²) in [6, 6.07) is 7.47. The smallest absolute Gasteiger partial charge is 0.253 e. The van der Waals surface area contributed by atoms with Crippen molar-refractivity contribution in [2.45, 2.75) is 32.6 Å². The van der Waals surface area contributed by atoms with Crippen LogP contribution in [0.4, 0.5) is 11.5 Å². The molecule has 7 heteroatoms. The van der Waals surface area contributed by atoms with Crippen molar-refractivity contribution in [3.05, 3.63) is 51.1 Å². The molecule has 5 nitrogen and oxygen atoms in total. The Balaban J connectivity index is 1.73. The van der Waals surface area contributed by atoms with Crippen molar-refractivity contribution in [1.29, 1.82) is 0 Å². The number of ether oxygens (including phenoxy) is 1. The SMILES string of the molecule is CC(C)c1cc(Nc2ccc(Cl)cc2Br)ncc1C(=O)NCC1CCOCC1. The van der Waals surface area contributed by atoms with E-state index in [1.807, 2.05) is 24.3 Å². The molecule has 0 radical (unpaired) electrons. The van der Waals surface area contributed by atoms with Crippen LogP contribution < -0.4 is 10.6 Å². The Hall–Kier alpha value is -1.63. The summed E-state index contributed by atoms with van der Waals surface area (Å²) in [6.07, 6.45) is 3.64. The van der Waals surface area contributed by atoms with E-state index >= 15 is 0 Å². The third-order valence-corrected chi connectivity index (χ3v) is 5.78. The highest BCUT2D eigenvalue weighted by Crippen LogP contribution is 2.30. The van der Waals surface area contributed by atoms with Crippen LogP contribution in [0.3, 0.4) is 0 Å². The summed E-state index contributed by atoms with van der Waals surface area (Å²) in [5.41, 5.74) is 2.46. The topological polar surface area (TPSA) is 63.2 Å². The van der Waals surface area contributed by atoms with Gasteiger partial charge in [-0.3, -0.25) is 4.79 Å². The van der Waals surface area contributed by atoms with Crippen molar-refractivity contribution in [2.24, 2.45) is 5.92 Å². The molecule has 0 atom stereocenters. The van der Waals surface area contributed by atoms with Gasteiger partial charge in [0.25, 0.3) is 5.91 Å². The van der Waals surface area contributed by atoms with E-state index in [0.29, 0.717) is 28.9 Å². The minimum absolute atomic E-state index is 0.0677. The fourth-order valence-corrected chi connectivity index (χ4v) is 4.00. The second-order valence-electron chi connectivity index (χ2n) is 7.33. The van der Waals surface area contributed by atoms with Gasteiger partial charge in [0, 0.05) is 35.5 Å². The summed E-state index contributed by atoms with van der Waals surface area (Å²) < 4.78 is 6.23. The zero-order valence-electron chi connectivity index (χ0n) is 16.1. The Morgan fingerprint density at radius 1 is 1.32 bits per heavy atom. The van der Waals surface area contributed by atoms with Gasteiger partial charge < -0.3 is 15.4 Å². The second kappa shape index (κ2) is 9.72. The monoisotopic (exact) mass is 465 g/mol. The number of benzene rings is 1. The minimum Gasteiger partial charge on any atom is -0.381 e. The first-order valence-corrected chi connectivity index (χ1v) is 10.7. The van der Waals surface area contributed by atoms with E-state index in [9.17, 15) is 4.79 Å². The average molecular weight is 467 g/mol. The predicted octanol–water partition coefficient (Wildman–Crippen LogP) is 5.52. The van der Waals surface area contributed by atoms with Crippen molar-refractivity contribution in [2.75, 3.05) is 25.1 Å². The normalized spacial score (nSPS) is 14.9. The summed E-state index contributed by atoms with van der Waals surface area (Å²) in [7, 11) is 0. The lowest BCUT2D eigenvalue weighted by Crippen LogP contribution is -2.32. The molecule has 28 heavy (non-hydrogen) atoms. The number of carbonyl (C=O) groups excluding carboxylic acids is 1. The third-order valence-electron chi connectivity index (χ3n) is 4.89. The molecule has 0 spiro atoms. The third kappa shape index (κ3) is 5.46. The number of hydrogen-bond acceptors (Lipinski definition) is 4. The van der Waals surface area contributed by atoms with E-state index in [-0.39, 0.29) is 11.8 Å². The fourth-order valence-electron chi connectivity index (χ4n) is 3.22. The number of halogens is 2. The maximum Gasteiger partial charge on any atom is 0.253 e. The van der Waals surface area contributed by atoms with Crippen LogP contribution in [0.15, 0.2) is 34.9 Å². The molecule has 150 valence electrons. The first kappa shape index (κ1) is 21.1. The maximum absolute atomic E-state index is 12.7. The van der Waals surface area contributed by atoms with Crippen LogP contribution in [0.1, 0.15) is 48.5 Å². The average Bonchev–Trinajstić information content (AvgIpc) is 2.69. The van der Waals surface area contributed by atoms with E-state index in [4.69, 9.17) is 16.3 Å². The standard InChI is InChI=1S/C21H25BrClN3O2/c1-13(2)16-10-20(26-19-4-3-15(23)9-18(19)22)24-12-17(16)21(27)25-11-14-5-7-28-8-6-14/h3-4,9-10,12-14H,5-8,11H2,1-2H3,(H,24,26)(H,25,27). The molecule has 0 bridgehead atoms. The first-order valence-electron chi connectivity index (χ1n) is 9.52. The Morgan fingerprint density at radius 2 is 2.07 bits per heavy atom. The van der Waals surface area contributed by atoms with E-state index in [1.54, 1.807) is 6.20 Å². The molecule has 1 aromatic heterocycles. The molecule has 2 aromatic rings. The number of carbonyl (C=O) groups is 1. The van der Waals surface area contributed by atoms with Crippen molar-refractivity contribution in [1.82, 2.24) is 10.3 Å². The van der Waals surface area contributed by atoms with Crippen molar-refractivity contribution < 1.29 is 9.53 Å². The van der Waals surface area contributed by atoms with Crippen molar-refractivity contribution in [3.8, 4) is 0 Å². The Kier molecular flexibility index (Phi) is 7.32. The molecule has 0 saturated carbocycles. The lowest BCUT2D eigenvalue weighted by atomic mass is 9.97. The summed E-state index contributed by atoms with van der Waals surface area (Å²) in [6.45, 7) is 6.39. The number of amides is 1. The van der Waals surface area contributed by atoms with E-state index in [0.717, 1.165) is 41.8 Å². The van der Waals surface area contributed by atoms with Gasteiger partial charge >= 0.3 is 0 Å². The van der Waals surface area contributed by atoms with Gasteiger partial charge in [0.05, 0.1) is 11.3 Å². The molecule has 1 amide bonds. The van der Waals surface area contributed by atoms with Gasteiger partial charge in [-0.25, -0.2) is 4.98 Å². The number of pyridine rings is 1. The molecular weight excluding hydrogens is 442 g/mol. The van der Waals surface area contributed by atoms with E-state index in [1.165, 1.54) is 0 Å². The number of anilines is 2. The van der Waals surface area contributed by atoms with Gasteiger partial charge in [0.15, 0.2) is 0 Å². The molecule has 1 aromatic carbocycles. The van der Waals surface area contributed by atoms with Crippen LogP contribution in [0.5, 0.6) is 0 Å². The summed E-state index contributed by atoms with van der Waals surface area (Å²) in [4.78, 5) is 17.2. The molecular formula is C21H25BrClN3O2. The Morgan fingerprint density at radius 3 is 2.75 bits per heavy atom. The number of rotatable bonds is 6. The molecule has 0 aliphatic carbocycles. The highest BCUT2D eigenvalue weighted by Gasteiger charge is 2.19. The Bertz CT molecular complexity index is 838. The maximum atomic E-state index is 12.7. The van der Waals surface area contributed by atoms with Crippen LogP contribution in [0.25, 0.3) is 0 Å². The van der Waals surface area contributed by atoms with Crippen molar-refractivity contribution >= 4 is 44.9 Å². The summed E-state index contributed by atoms with van der Waals surface area (Å²) in [5.74, 6) is 1.30. The second-order valence-corrected chi connectivity index (χ2v) is 8.62. The van der Waals surface area contributed by atoms with Gasteiger partial charge in [-0.05, 0) is 70.4 Å². The van der Waals surface area contributed by atoms with Crippen LogP contribution in [0.2, 0.25) is 5.02 Å². The van der Waals surface area contributed by atoms with E-state index < -0.39 is 0 Å². The number of hydrogen-bond donors (Lipinski definition) is 2. The largest absolute Gasteiger partial charge is 0.381 e. The molecule has 1 aliphatic heterocycles. The van der Waals surface area contributed by atoms with Crippen molar-refractivity contribution in [3.63, 3.8) is 0 Å². The molecule has 1 aliphatic rings. The zero-order valence-corrected chi connectivity index (χ0v) is 18.4. The molecule has 2 N–H and O–H groups in total. The van der Waals surface area contributed by atoms with Crippen LogP contribution in [-0.4, -0.2) is 30.6 Å². The van der Waals surface area contributed by atoms with E-state index in [2.05, 4.69) is 45.4 Å². The fraction of sp³-hybridized carbons (Fsp3) is 0.429. The molecule has 2 heterocycles. The van der Waals surface area contributed by atoms with Crippen LogP contribution >= 0.6 is 27.5 Å². The summed E-state index contributed by atoms with van der Waals surface area (Å²) in [5, 5.41) is 7.01. The lowest BCUT2D eigenvalue weighted by molar-refractivity contribution is 0.0642. The van der Waals surface area contributed by atoms with Gasteiger partial charge in [-0.15, -0.1) is 0 Å². The minimum atomic E-state index is -0.0677. The highest BCUT2D eigenvalue weighted by atomic mass is 79.9. The summed E-state index contributed by atoms with van der Waals surface area (Å²) >= 11 is 9.50. The predicted molar refractivity (Wildman–Crippen MR) is 117 cm³/mol. The lowest BCUT2D eigenvalue weighted by Gasteiger charge is -2.22. The zero-order chi connectivity index (χ0) is 20.1. The molecule has 3 rings (SSSR count). The van der Waals surface area contributed by atoms with Gasteiger partial charge in [-0.1, -0.05) is 25.4 Å². The van der Waals surface area contributed by atoms with Gasteiger partial charge in [0.1, 0.15) is 5.82 Å². The van der Waals surface area contributed by atoms with Gasteiger partial charge in [0.2, 0.25) is 0 Å². The van der Waals surface area contributed by atoms with Gasteiger partial charge in [-0.2, -0.15) is 0 Å². The molecule has 1 fully saturated rings. The number of nitrogens with one attached hydrogen (secondary N) is 2. The number of nitrogens with zero attached hydrogens (tertiary/aromatic N) is 1. The van der Waals surface area contributed by atoms with Crippen LogP contribution in [-0.2, 0) is 4.74 Å². The first-order chi connectivity index (χ1) is 13.4. The number of aromatic nitrogens is 1. The molecule has 0 unspecified atom stereocenters. The Labute approximate surface area is 179 Å². The molecule has 1 saturated heterocycles. The quantitative estimate of drug-likeness (QED) is 0.588.